The Bertz CT molecular complexity index is 707. The van der Waals surface area contributed by atoms with E-state index in [1.807, 2.05) is 0 Å². The quantitative estimate of drug-likeness (QED) is 0.664. The fourth-order valence-electron chi connectivity index (χ4n) is 1.79. The molecule has 1 amide bonds. The number of fused-ring (bicyclic) bond motifs is 1. The Morgan fingerprint density at radius 2 is 2.17 bits per heavy atom. The topological polar surface area (TPSA) is 136 Å². The predicted molar refractivity (Wildman–Crippen MR) is 77.6 cm³/mol. The van der Waals surface area contributed by atoms with E-state index >= 15 is 0 Å². The normalized spacial score (nSPS) is 13.5. The average molecular weight is 340 g/mol. The SMILES string of the molecule is CNC(=O)c1noc2c1C(=O)C(SCCOCC(=O)O)=CC2=O. The van der Waals surface area contributed by atoms with Crippen molar-refractivity contribution in [2.24, 2.45) is 0 Å². The summed E-state index contributed by atoms with van der Waals surface area (Å²) < 4.78 is 9.63. The third-order valence-electron chi connectivity index (χ3n) is 2.78. The highest BCUT2D eigenvalue weighted by Gasteiger charge is 2.35. The van der Waals surface area contributed by atoms with Crippen molar-refractivity contribution in [1.82, 2.24) is 10.5 Å². The minimum Gasteiger partial charge on any atom is -0.480 e. The highest BCUT2D eigenvalue weighted by Crippen LogP contribution is 2.30. The molecule has 2 rings (SSSR count). The maximum absolute atomic E-state index is 12.4. The Morgan fingerprint density at radius 3 is 2.83 bits per heavy atom. The zero-order chi connectivity index (χ0) is 17.0. The molecule has 122 valence electrons. The molecular weight excluding hydrogens is 328 g/mol. The molecule has 0 bridgehead atoms. The molecule has 1 aliphatic rings. The van der Waals surface area contributed by atoms with Gasteiger partial charge in [0.1, 0.15) is 12.2 Å². The molecular formula is C13H12N2O7S. The summed E-state index contributed by atoms with van der Waals surface area (Å²) in [5, 5.41) is 14.2. The molecule has 0 spiro atoms. The molecule has 0 radical (unpaired) electrons. The van der Waals surface area contributed by atoms with Gasteiger partial charge in [-0.1, -0.05) is 5.16 Å². The Kier molecular flexibility index (Phi) is 5.29. The molecule has 2 N–H and O–H groups in total. The number of amides is 1. The molecule has 9 nitrogen and oxygen atoms in total. The molecule has 23 heavy (non-hydrogen) atoms. The number of thioether (sulfide) groups is 1. The van der Waals surface area contributed by atoms with Crippen LogP contribution in [-0.4, -0.2) is 59.7 Å². The lowest BCUT2D eigenvalue weighted by Gasteiger charge is -2.10. The average Bonchev–Trinajstić information content (AvgIpc) is 2.96. The predicted octanol–water partition coefficient (Wildman–Crippen LogP) is 0.131. The van der Waals surface area contributed by atoms with Crippen LogP contribution in [0, 0.1) is 0 Å². The molecule has 10 heteroatoms. The standard InChI is InChI=1S/C13H12N2O7S/c1-14-13(20)10-9-11(19)7(4-6(16)12(9)22-15-10)23-3-2-21-5-8(17)18/h4H,2-3,5H2,1H3,(H,14,20)(H,17,18). The van der Waals surface area contributed by atoms with Gasteiger partial charge in [-0.25, -0.2) is 4.79 Å². The maximum Gasteiger partial charge on any atom is 0.329 e. The number of nitrogens with zero attached hydrogens (tertiary/aromatic N) is 1. The van der Waals surface area contributed by atoms with Crippen molar-refractivity contribution in [3.63, 3.8) is 0 Å². The number of carboxylic acid groups (broad SMARTS) is 1. The number of carbonyl (C=O) groups is 4. The van der Waals surface area contributed by atoms with E-state index in [1.54, 1.807) is 0 Å². The van der Waals surface area contributed by atoms with Gasteiger partial charge < -0.3 is 19.7 Å². The molecule has 0 fully saturated rings. The number of ether oxygens (including phenoxy) is 1. The van der Waals surface area contributed by atoms with Gasteiger partial charge in [-0.3, -0.25) is 14.4 Å². The lowest BCUT2D eigenvalue weighted by atomic mass is 10.00. The van der Waals surface area contributed by atoms with E-state index in [4.69, 9.17) is 14.4 Å². The Balaban J connectivity index is 2.09. The first kappa shape index (κ1) is 16.9. The number of allylic oxidation sites excluding steroid dienone is 2. The van der Waals surface area contributed by atoms with E-state index < -0.39 is 30.0 Å². The van der Waals surface area contributed by atoms with E-state index in [2.05, 4.69) is 10.5 Å². The summed E-state index contributed by atoms with van der Waals surface area (Å²) in [4.78, 5) is 46.4. The maximum atomic E-state index is 12.4. The van der Waals surface area contributed by atoms with E-state index in [0.29, 0.717) is 0 Å². The van der Waals surface area contributed by atoms with Crippen molar-refractivity contribution >= 4 is 35.2 Å². The smallest absolute Gasteiger partial charge is 0.329 e. The first-order chi connectivity index (χ1) is 11.0. The molecule has 0 aliphatic heterocycles. The van der Waals surface area contributed by atoms with Gasteiger partial charge in [0.05, 0.1) is 11.5 Å². The minimum absolute atomic E-state index is 0.0918. The van der Waals surface area contributed by atoms with Gasteiger partial charge in [0.2, 0.25) is 17.3 Å². The first-order valence-corrected chi connectivity index (χ1v) is 7.39. The summed E-state index contributed by atoms with van der Waals surface area (Å²) in [5.74, 6) is -2.82. The van der Waals surface area contributed by atoms with Crippen LogP contribution in [-0.2, 0) is 9.53 Å². The fraction of sp³-hybridized carbons (Fsp3) is 0.308. The van der Waals surface area contributed by atoms with E-state index in [9.17, 15) is 19.2 Å². The van der Waals surface area contributed by atoms with Crippen LogP contribution >= 0.6 is 11.8 Å². The summed E-state index contributed by atoms with van der Waals surface area (Å²) in [6, 6.07) is 0. The summed E-state index contributed by atoms with van der Waals surface area (Å²) in [5.41, 5.74) is -0.403. The van der Waals surface area contributed by atoms with Gasteiger partial charge in [0.25, 0.3) is 5.91 Å². The van der Waals surface area contributed by atoms with Crippen LogP contribution in [0.1, 0.15) is 31.4 Å². The number of aromatic nitrogens is 1. The Morgan fingerprint density at radius 1 is 1.43 bits per heavy atom. The van der Waals surface area contributed by atoms with Crippen LogP contribution < -0.4 is 5.32 Å². The molecule has 1 heterocycles. The molecule has 0 atom stereocenters. The molecule has 1 aliphatic carbocycles. The summed E-state index contributed by atoms with van der Waals surface area (Å²) in [6.45, 7) is -0.350. The summed E-state index contributed by atoms with van der Waals surface area (Å²) in [6.07, 6.45) is 1.10. The number of hydrogen-bond acceptors (Lipinski definition) is 8. The zero-order valence-corrected chi connectivity index (χ0v) is 12.8. The number of nitrogens with one attached hydrogen (secondary N) is 1. The molecule has 0 saturated carbocycles. The molecule has 0 aromatic carbocycles. The van der Waals surface area contributed by atoms with E-state index in [-0.39, 0.29) is 34.3 Å². The third-order valence-corrected chi connectivity index (χ3v) is 3.77. The van der Waals surface area contributed by atoms with Gasteiger partial charge >= 0.3 is 5.97 Å². The number of carboxylic acids is 1. The van der Waals surface area contributed by atoms with Crippen LogP contribution in [0.4, 0.5) is 0 Å². The van der Waals surface area contributed by atoms with Crippen molar-refractivity contribution in [1.29, 1.82) is 0 Å². The number of carbonyl (C=O) groups excluding carboxylic acids is 3. The fourth-order valence-corrected chi connectivity index (χ4v) is 2.64. The first-order valence-electron chi connectivity index (χ1n) is 6.40. The van der Waals surface area contributed by atoms with Crippen molar-refractivity contribution < 1.29 is 33.5 Å². The van der Waals surface area contributed by atoms with E-state index in [1.165, 1.54) is 7.05 Å². The molecule has 1 aromatic rings. The van der Waals surface area contributed by atoms with Crippen molar-refractivity contribution in [2.45, 2.75) is 0 Å². The molecule has 0 saturated heterocycles. The Labute approximate surface area is 134 Å². The summed E-state index contributed by atoms with van der Waals surface area (Å²) >= 11 is 1.03. The van der Waals surface area contributed by atoms with Crippen LogP contribution in [0.25, 0.3) is 0 Å². The van der Waals surface area contributed by atoms with Crippen molar-refractivity contribution in [3.8, 4) is 0 Å². The van der Waals surface area contributed by atoms with Gasteiger partial charge in [-0.2, -0.15) is 0 Å². The Hall–Kier alpha value is -2.46. The number of hydrogen-bond donors (Lipinski definition) is 2. The second-order valence-corrected chi connectivity index (χ2v) is 5.45. The number of aliphatic carboxylic acids is 1. The third kappa shape index (κ3) is 3.66. The number of rotatable bonds is 7. The highest BCUT2D eigenvalue weighted by molar-refractivity contribution is 8.04. The van der Waals surface area contributed by atoms with Crippen LogP contribution in [0.3, 0.4) is 0 Å². The molecule has 0 unspecified atom stereocenters. The van der Waals surface area contributed by atoms with E-state index in [0.717, 1.165) is 17.8 Å². The van der Waals surface area contributed by atoms with Crippen LogP contribution in [0.2, 0.25) is 0 Å². The van der Waals surface area contributed by atoms with Gasteiger partial charge in [0, 0.05) is 18.9 Å². The highest BCUT2D eigenvalue weighted by atomic mass is 32.2. The van der Waals surface area contributed by atoms with Crippen LogP contribution in [0.5, 0.6) is 0 Å². The number of Topliss-reactive ketones (excluding diaryl/α,β-unsaturated/α-hetero) is 1. The van der Waals surface area contributed by atoms with Gasteiger partial charge in [0.15, 0.2) is 5.69 Å². The number of ketones is 2. The largest absolute Gasteiger partial charge is 0.480 e. The van der Waals surface area contributed by atoms with Crippen molar-refractivity contribution in [3.05, 3.63) is 28.0 Å². The molecule has 1 aromatic heterocycles. The lowest BCUT2D eigenvalue weighted by molar-refractivity contribution is -0.141. The second-order valence-electron chi connectivity index (χ2n) is 4.31. The van der Waals surface area contributed by atoms with Crippen molar-refractivity contribution in [2.75, 3.05) is 26.0 Å². The van der Waals surface area contributed by atoms with Gasteiger partial charge in [-0.15, -0.1) is 11.8 Å². The monoisotopic (exact) mass is 340 g/mol. The van der Waals surface area contributed by atoms with Gasteiger partial charge in [-0.05, 0) is 0 Å². The lowest BCUT2D eigenvalue weighted by Crippen LogP contribution is -2.23. The van der Waals surface area contributed by atoms with Crippen LogP contribution in [0.15, 0.2) is 15.5 Å². The minimum atomic E-state index is -1.09. The zero-order valence-electron chi connectivity index (χ0n) is 12.0. The second kappa shape index (κ2) is 7.20. The summed E-state index contributed by atoms with van der Waals surface area (Å²) in [7, 11) is 1.36.